The van der Waals surface area contributed by atoms with Crippen LogP contribution in [0.1, 0.15) is 0 Å². The zero-order chi connectivity index (χ0) is 13.7. The fraction of sp³-hybridized carbons (Fsp3) is 0.385. The molecule has 1 heterocycles. The van der Waals surface area contributed by atoms with Crippen molar-refractivity contribution in [2.45, 2.75) is 6.04 Å². The first-order valence-electron chi connectivity index (χ1n) is 5.86. The van der Waals surface area contributed by atoms with Crippen LogP contribution in [-0.2, 0) is 9.53 Å². The number of nitriles is 1. The lowest BCUT2D eigenvalue weighted by Gasteiger charge is -2.31. The minimum atomic E-state index is -0.524. The maximum Gasteiger partial charge on any atom is 0.261 e. The molecule has 0 saturated carbocycles. The Hall–Kier alpha value is -1.58. The summed E-state index contributed by atoms with van der Waals surface area (Å²) in [4.78, 5) is 13.5. The monoisotopic (exact) mass is 324 g/mol. The van der Waals surface area contributed by atoms with Gasteiger partial charge in [-0.15, -0.1) is 0 Å². The van der Waals surface area contributed by atoms with Gasteiger partial charge in [-0.05, 0) is 28.1 Å². The SMILES string of the molecule is N#C[C@@H]1COCCN1C(=O)COc1ccccc1Br. The van der Waals surface area contributed by atoms with Gasteiger partial charge >= 0.3 is 0 Å². The van der Waals surface area contributed by atoms with Crippen molar-refractivity contribution in [3.63, 3.8) is 0 Å². The summed E-state index contributed by atoms with van der Waals surface area (Å²) >= 11 is 3.35. The third-order valence-electron chi connectivity index (χ3n) is 2.79. The molecule has 1 aliphatic heterocycles. The Morgan fingerprint density at radius 1 is 1.58 bits per heavy atom. The van der Waals surface area contributed by atoms with Gasteiger partial charge in [-0.25, -0.2) is 0 Å². The van der Waals surface area contributed by atoms with Crippen LogP contribution in [0.3, 0.4) is 0 Å². The van der Waals surface area contributed by atoms with Gasteiger partial charge in [-0.1, -0.05) is 12.1 Å². The molecular formula is C13H13BrN2O3. The molecule has 1 saturated heterocycles. The van der Waals surface area contributed by atoms with Crippen molar-refractivity contribution in [3.8, 4) is 11.8 Å². The van der Waals surface area contributed by atoms with Gasteiger partial charge in [-0.3, -0.25) is 4.79 Å². The maximum absolute atomic E-state index is 12.0. The lowest BCUT2D eigenvalue weighted by atomic mass is 10.2. The highest BCUT2D eigenvalue weighted by molar-refractivity contribution is 9.10. The summed E-state index contributed by atoms with van der Waals surface area (Å²) in [6.07, 6.45) is 0. The van der Waals surface area contributed by atoms with Gasteiger partial charge in [0.1, 0.15) is 11.8 Å². The lowest BCUT2D eigenvalue weighted by molar-refractivity contribution is -0.139. The van der Waals surface area contributed by atoms with E-state index in [2.05, 4.69) is 22.0 Å². The second-order valence-electron chi connectivity index (χ2n) is 4.03. The largest absolute Gasteiger partial charge is 0.483 e. The molecule has 0 bridgehead atoms. The number of hydrogen-bond donors (Lipinski definition) is 0. The Balaban J connectivity index is 1.94. The van der Waals surface area contributed by atoms with Crippen molar-refractivity contribution in [3.05, 3.63) is 28.7 Å². The molecule has 2 rings (SSSR count). The fourth-order valence-electron chi connectivity index (χ4n) is 1.79. The highest BCUT2D eigenvalue weighted by Gasteiger charge is 2.27. The predicted molar refractivity (Wildman–Crippen MR) is 71.6 cm³/mol. The van der Waals surface area contributed by atoms with Gasteiger partial charge in [-0.2, -0.15) is 5.26 Å². The Labute approximate surface area is 119 Å². The highest BCUT2D eigenvalue weighted by Crippen LogP contribution is 2.23. The van der Waals surface area contributed by atoms with Gasteiger partial charge in [0, 0.05) is 6.54 Å². The van der Waals surface area contributed by atoms with Crippen LogP contribution in [0.2, 0.25) is 0 Å². The van der Waals surface area contributed by atoms with E-state index in [1.807, 2.05) is 18.2 Å². The molecule has 0 aliphatic carbocycles. The number of hydrogen-bond acceptors (Lipinski definition) is 4. The zero-order valence-electron chi connectivity index (χ0n) is 10.2. The molecule has 1 amide bonds. The van der Waals surface area contributed by atoms with Crippen molar-refractivity contribution >= 4 is 21.8 Å². The van der Waals surface area contributed by atoms with E-state index in [0.717, 1.165) is 4.47 Å². The smallest absolute Gasteiger partial charge is 0.261 e. The second-order valence-corrected chi connectivity index (χ2v) is 4.88. The Bertz CT molecular complexity index is 501. The van der Waals surface area contributed by atoms with Crippen LogP contribution in [-0.4, -0.2) is 43.2 Å². The predicted octanol–water partition coefficient (Wildman–Crippen LogP) is 1.58. The first kappa shape index (κ1) is 13.8. The average molecular weight is 325 g/mol. The van der Waals surface area contributed by atoms with Crippen molar-refractivity contribution in [2.75, 3.05) is 26.4 Å². The Morgan fingerprint density at radius 3 is 3.11 bits per heavy atom. The van der Waals surface area contributed by atoms with Gasteiger partial charge < -0.3 is 14.4 Å². The molecule has 0 unspecified atom stereocenters. The summed E-state index contributed by atoms with van der Waals surface area (Å²) in [5, 5.41) is 8.97. The maximum atomic E-state index is 12.0. The molecular weight excluding hydrogens is 312 g/mol. The van der Waals surface area contributed by atoms with Crippen LogP contribution in [0.4, 0.5) is 0 Å². The van der Waals surface area contributed by atoms with E-state index >= 15 is 0 Å². The summed E-state index contributed by atoms with van der Waals surface area (Å²) in [5.41, 5.74) is 0. The number of amides is 1. The van der Waals surface area contributed by atoms with Crippen LogP contribution in [0.5, 0.6) is 5.75 Å². The second kappa shape index (κ2) is 6.55. The third-order valence-corrected chi connectivity index (χ3v) is 3.44. The molecule has 6 heteroatoms. The van der Waals surface area contributed by atoms with E-state index in [1.54, 1.807) is 6.07 Å². The number of halogens is 1. The van der Waals surface area contributed by atoms with E-state index in [4.69, 9.17) is 14.7 Å². The molecule has 1 aromatic rings. The number of carbonyl (C=O) groups excluding carboxylic acids is 1. The number of nitrogens with zero attached hydrogens (tertiary/aromatic N) is 2. The highest BCUT2D eigenvalue weighted by atomic mass is 79.9. The van der Waals surface area contributed by atoms with Crippen LogP contribution in [0, 0.1) is 11.3 Å². The van der Waals surface area contributed by atoms with Crippen molar-refractivity contribution < 1.29 is 14.3 Å². The molecule has 1 atom stereocenters. The number of morpholine rings is 1. The minimum absolute atomic E-state index is 0.0825. The van der Waals surface area contributed by atoms with Gasteiger partial charge in [0.05, 0.1) is 23.8 Å². The Morgan fingerprint density at radius 2 is 2.37 bits per heavy atom. The molecule has 1 aromatic carbocycles. The fourth-order valence-corrected chi connectivity index (χ4v) is 2.19. The molecule has 1 aliphatic rings. The van der Waals surface area contributed by atoms with Crippen molar-refractivity contribution in [1.29, 1.82) is 5.26 Å². The van der Waals surface area contributed by atoms with Crippen LogP contribution in [0.15, 0.2) is 28.7 Å². The molecule has 1 fully saturated rings. The average Bonchev–Trinajstić information content (AvgIpc) is 2.46. The normalized spacial score (nSPS) is 18.7. The molecule has 0 N–H and O–H groups in total. The summed E-state index contributed by atoms with van der Waals surface area (Å²) in [6.45, 7) is 1.06. The molecule has 19 heavy (non-hydrogen) atoms. The number of para-hydroxylation sites is 1. The van der Waals surface area contributed by atoms with E-state index in [-0.39, 0.29) is 19.1 Å². The molecule has 100 valence electrons. The molecule has 0 spiro atoms. The molecule has 0 aromatic heterocycles. The minimum Gasteiger partial charge on any atom is -0.483 e. The van der Waals surface area contributed by atoms with Crippen LogP contribution in [0.25, 0.3) is 0 Å². The number of ether oxygens (including phenoxy) is 2. The zero-order valence-corrected chi connectivity index (χ0v) is 11.8. The third kappa shape index (κ3) is 3.46. The van der Waals surface area contributed by atoms with Crippen molar-refractivity contribution in [1.82, 2.24) is 4.90 Å². The van der Waals surface area contributed by atoms with E-state index in [9.17, 15) is 4.79 Å². The first-order chi connectivity index (χ1) is 9.22. The van der Waals surface area contributed by atoms with Gasteiger partial charge in [0.2, 0.25) is 0 Å². The number of carbonyl (C=O) groups is 1. The van der Waals surface area contributed by atoms with E-state index in [0.29, 0.717) is 18.9 Å². The molecule has 5 nitrogen and oxygen atoms in total. The lowest BCUT2D eigenvalue weighted by Crippen LogP contribution is -2.49. The van der Waals surface area contributed by atoms with Gasteiger partial charge in [0.25, 0.3) is 5.91 Å². The Kier molecular flexibility index (Phi) is 4.77. The summed E-state index contributed by atoms with van der Waals surface area (Å²) < 4.78 is 11.4. The topological polar surface area (TPSA) is 62.6 Å². The van der Waals surface area contributed by atoms with E-state index in [1.165, 1.54) is 4.90 Å². The van der Waals surface area contributed by atoms with Crippen LogP contribution >= 0.6 is 15.9 Å². The number of rotatable bonds is 3. The van der Waals surface area contributed by atoms with Crippen molar-refractivity contribution in [2.24, 2.45) is 0 Å². The molecule has 0 radical (unpaired) electrons. The standard InChI is InChI=1S/C13H13BrN2O3/c14-11-3-1-2-4-12(11)19-9-13(17)16-5-6-18-8-10(16)7-15/h1-4,10H,5-6,8-9H2/t10-/m1/s1. The quantitative estimate of drug-likeness (QED) is 0.846. The summed E-state index contributed by atoms with van der Waals surface area (Å²) in [7, 11) is 0. The summed E-state index contributed by atoms with van der Waals surface area (Å²) in [6, 6.07) is 8.85. The van der Waals surface area contributed by atoms with E-state index < -0.39 is 6.04 Å². The van der Waals surface area contributed by atoms with Gasteiger partial charge in [0.15, 0.2) is 6.61 Å². The first-order valence-corrected chi connectivity index (χ1v) is 6.66. The summed E-state index contributed by atoms with van der Waals surface area (Å²) in [5.74, 6) is 0.406. The van der Waals surface area contributed by atoms with Crippen LogP contribution < -0.4 is 4.74 Å². The number of benzene rings is 1.